The fourth-order valence-corrected chi connectivity index (χ4v) is 1.75. The highest BCUT2D eigenvalue weighted by Gasteiger charge is 2.20. The van der Waals surface area contributed by atoms with E-state index in [2.05, 4.69) is 4.98 Å². The smallest absolute Gasteiger partial charge is 0.213 e. The van der Waals surface area contributed by atoms with Crippen LogP contribution in [0.25, 0.3) is 0 Å². The largest absolute Gasteiger partial charge is 0.474 e. The molecule has 0 aliphatic heterocycles. The van der Waals surface area contributed by atoms with E-state index < -0.39 is 0 Å². The molecule has 1 N–H and O–H groups in total. The first-order valence-electron chi connectivity index (χ1n) is 5.10. The molecule has 2 rings (SSSR count). The topological polar surface area (TPSA) is 42.4 Å². The van der Waals surface area contributed by atoms with Crippen LogP contribution in [0.1, 0.15) is 25.7 Å². The Kier molecular flexibility index (Phi) is 2.99. The lowest BCUT2D eigenvalue weighted by Gasteiger charge is -2.25. The molecule has 0 spiro atoms. The van der Waals surface area contributed by atoms with E-state index in [0.29, 0.717) is 5.88 Å². The maximum Gasteiger partial charge on any atom is 0.213 e. The SMILES string of the molecule is O[C@H]1CC[C@@H](Oc2ccccn2)CC1. The molecule has 76 valence electrons. The van der Waals surface area contributed by atoms with Gasteiger partial charge in [-0.3, -0.25) is 0 Å². The van der Waals surface area contributed by atoms with Crippen LogP contribution in [-0.4, -0.2) is 22.3 Å². The van der Waals surface area contributed by atoms with Gasteiger partial charge in [0.2, 0.25) is 5.88 Å². The van der Waals surface area contributed by atoms with E-state index in [1.165, 1.54) is 0 Å². The summed E-state index contributed by atoms with van der Waals surface area (Å²) in [6.07, 6.45) is 5.38. The van der Waals surface area contributed by atoms with Gasteiger partial charge in [-0.25, -0.2) is 4.98 Å². The molecule has 3 heteroatoms. The quantitative estimate of drug-likeness (QED) is 0.778. The van der Waals surface area contributed by atoms with Crippen LogP contribution in [0.3, 0.4) is 0 Å². The first kappa shape index (κ1) is 9.46. The van der Waals surface area contributed by atoms with Crippen molar-refractivity contribution in [2.75, 3.05) is 0 Å². The van der Waals surface area contributed by atoms with Crippen molar-refractivity contribution in [2.24, 2.45) is 0 Å². The van der Waals surface area contributed by atoms with Gasteiger partial charge in [-0.2, -0.15) is 0 Å². The highest BCUT2D eigenvalue weighted by atomic mass is 16.5. The van der Waals surface area contributed by atoms with Gasteiger partial charge >= 0.3 is 0 Å². The van der Waals surface area contributed by atoms with Crippen molar-refractivity contribution < 1.29 is 9.84 Å². The normalized spacial score (nSPS) is 27.2. The summed E-state index contributed by atoms with van der Waals surface area (Å²) in [6, 6.07) is 5.66. The van der Waals surface area contributed by atoms with Crippen molar-refractivity contribution in [1.82, 2.24) is 4.98 Å². The maximum absolute atomic E-state index is 9.32. The third-order valence-corrected chi connectivity index (χ3v) is 2.57. The molecule has 1 aliphatic carbocycles. The summed E-state index contributed by atoms with van der Waals surface area (Å²) < 4.78 is 5.68. The predicted octanol–water partition coefficient (Wildman–Crippen LogP) is 1.76. The molecule has 0 amide bonds. The lowest BCUT2D eigenvalue weighted by atomic mass is 9.95. The molecule has 0 saturated heterocycles. The van der Waals surface area contributed by atoms with Crippen LogP contribution < -0.4 is 4.74 Å². The van der Waals surface area contributed by atoms with Crippen molar-refractivity contribution >= 4 is 0 Å². The number of hydrogen-bond donors (Lipinski definition) is 1. The van der Waals surface area contributed by atoms with Crippen LogP contribution >= 0.6 is 0 Å². The van der Waals surface area contributed by atoms with Gasteiger partial charge in [-0.1, -0.05) is 6.07 Å². The molecule has 3 nitrogen and oxygen atoms in total. The van der Waals surface area contributed by atoms with E-state index in [-0.39, 0.29) is 12.2 Å². The van der Waals surface area contributed by atoms with E-state index in [0.717, 1.165) is 25.7 Å². The van der Waals surface area contributed by atoms with Crippen molar-refractivity contribution in [3.8, 4) is 5.88 Å². The molecule has 14 heavy (non-hydrogen) atoms. The molecule has 0 bridgehead atoms. The number of nitrogens with zero attached hydrogens (tertiary/aromatic N) is 1. The zero-order valence-electron chi connectivity index (χ0n) is 8.10. The molecule has 1 fully saturated rings. The molecule has 0 unspecified atom stereocenters. The first-order valence-corrected chi connectivity index (χ1v) is 5.10. The zero-order valence-corrected chi connectivity index (χ0v) is 8.10. The van der Waals surface area contributed by atoms with Gasteiger partial charge in [0.15, 0.2) is 0 Å². The van der Waals surface area contributed by atoms with E-state index in [4.69, 9.17) is 4.74 Å². The summed E-state index contributed by atoms with van der Waals surface area (Å²) in [5, 5.41) is 9.32. The van der Waals surface area contributed by atoms with Crippen LogP contribution in [0.15, 0.2) is 24.4 Å². The monoisotopic (exact) mass is 193 g/mol. The minimum Gasteiger partial charge on any atom is -0.474 e. The average molecular weight is 193 g/mol. The second-order valence-electron chi connectivity index (χ2n) is 3.72. The Morgan fingerprint density at radius 2 is 2.00 bits per heavy atom. The summed E-state index contributed by atoms with van der Waals surface area (Å²) in [5.74, 6) is 0.689. The second-order valence-corrected chi connectivity index (χ2v) is 3.72. The van der Waals surface area contributed by atoms with Crippen molar-refractivity contribution in [3.63, 3.8) is 0 Å². The Hall–Kier alpha value is -1.09. The van der Waals surface area contributed by atoms with Gasteiger partial charge in [0.05, 0.1) is 6.10 Å². The zero-order chi connectivity index (χ0) is 9.80. The Balaban J connectivity index is 1.87. The lowest BCUT2D eigenvalue weighted by Crippen LogP contribution is -2.26. The fraction of sp³-hybridized carbons (Fsp3) is 0.545. The van der Waals surface area contributed by atoms with Gasteiger partial charge in [0.25, 0.3) is 0 Å². The highest BCUT2D eigenvalue weighted by molar-refractivity contribution is 5.09. The van der Waals surface area contributed by atoms with Crippen molar-refractivity contribution in [2.45, 2.75) is 37.9 Å². The highest BCUT2D eigenvalue weighted by Crippen LogP contribution is 2.22. The molecule has 1 aliphatic rings. The van der Waals surface area contributed by atoms with Crippen LogP contribution in [0.2, 0.25) is 0 Å². The van der Waals surface area contributed by atoms with Crippen LogP contribution in [0.5, 0.6) is 5.88 Å². The Morgan fingerprint density at radius 3 is 2.64 bits per heavy atom. The molecular formula is C11H15NO2. The summed E-state index contributed by atoms with van der Waals surface area (Å²) in [5.41, 5.74) is 0. The summed E-state index contributed by atoms with van der Waals surface area (Å²) >= 11 is 0. The molecule has 0 atom stereocenters. The van der Waals surface area contributed by atoms with Gasteiger partial charge in [0, 0.05) is 12.3 Å². The molecule has 1 aromatic heterocycles. The number of ether oxygens (including phenoxy) is 1. The molecule has 1 aromatic rings. The van der Waals surface area contributed by atoms with Crippen molar-refractivity contribution in [1.29, 1.82) is 0 Å². The number of aromatic nitrogens is 1. The number of pyridine rings is 1. The summed E-state index contributed by atoms with van der Waals surface area (Å²) in [7, 11) is 0. The standard InChI is InChI=1S/C11H15NO2/c13-9-4-6-10(7-5-9)14-11-3-1-2-8-12-11/h1-3,8-10,13H,4-7H2/t9-,10+. The molecule has 0 radical (unpaired) electrons. The van der Waals surface area contributed by atoms with E-state index in [1.807, 2.05) is 18.2 Å². The summed E-state index contributed by atoms with van der Waals surface area (Å²) in [4.78, 5) is 4.11. The molecule has 1 saturated carbocycles. The molecular weight excluding hydrogens is 178 g/mol. The first-order chi connectivity index (χ1) is 6.84. The van der Waals surface area contributed by atoms with Gasteiger partial charge in [0.1, 0.15) is 6.10 Å². The van der Waals surface area contributed by atoms with E-state index >= 15 is 0 Å². The Labute approximate surface area is 83.7 Å². The minimum absolute atomic E-state index is 0.126. The van der Waals surface area contributed by atoms with Gasteiger partial charge < -0.3 is 9.84 Å². The van der Waals surface area contributed by atoms with Crippen LogP contribution in [-0.2, 0) is 0 Å². The maximum atomic E-state index is 9.32. The number of aliphatic hydroxyl groups is 1. The third-order valence-electron chi connectivity index (χ3n) is 2.57. The number of rotatable bonds is 2. The predicted molar refractivity (Wildman–Crippen MR) is 53.1 cm³/mol. The van der Waals surface area contributed by atoms with Gasteiger partial charge in [-0.15, -0.1) is 0 Å². The lowest BCUT2D eigenvalue weighted by molar-refractivity contribution is 0.0643. The fourth-order valence-electron chi connectivity index (χ4n) is 1.75. The summed E-state index contributed by atoms with van der Waals surface area (Å²) in [6.45, 7) is 0. The van der Waals surface area contributed by atoms with Gasteiger partial charge in [-0.05, 0) is 31.7 Å². The average Bonchev–Trinajstić information content (AvgIpc) is 2.23. The van der Waals surface area contributed by atoms with E-state index in [9.17, 15) is 5.11 Å². The number of hydrogen-bond acceptors (Lipinski definition) is 3. The minimum atomic E-state index is -0.126. The third kappa shape index (κ3) is 2.45. The number of aliphatic hydroxyl groups excluding tert-OH is 1. The molecule has 0 aromatic carbocycles. The Morgan fingerprint density at radius 1 is 1.21 bits per heavy atom. The second kappa shape index (κ2) is 4.42. The van der Waals surface area contributed by atoms with Crippen LogP contribution in [0.4, 0.5) is 0 Å². The van der Waals surface area contributed by atoms with Crippen molar-refractivity contribution in [3.05, 3.63) is 24.4 Å². The molecule has 1 heterocycles. The Bertz CT molecular complexity index is 268. The van der Waals surface area contributed by atoms with E-state index in [1.54, 1.807) is 6.20 Å². The van der Waals surface area contributed by atoms with Crippen LogP contribution in [0, 0.1) is 0 Å².